The highest BCUT2D eigenvalue weighted by molar-refractivity contribution is 5.76. The number of hydrogen-bond donors (Lipinski definition) is 3. The first-order valence-corrected chi connectivity index (χ1v) is 30.1. The summed E-state index contributed by atoms with van der Waals surface area (Å²) >= 11 is 0. The van der Waals surface area contributed by atoms with Crippen molar-refractivity contribution in [1.29, 1.82) is 0 Å². The van der Waals surface area contributed by atoms with E-state index in [2.05, 4.69) is 31.3 Å². The molecule has 6 heteroatoms. The van der Waals surface area contributed by atoms with Crippen LogP contribution in [0.5, 0.6) is 0 Å². The molecular weight excluding hydrogens is 827 g/mol. The van der Waals surface area contributed by atoms with Gasteiger partial charge in [-0.15, -0.1) is 0 Å². The van der Waals surface area contributed by atoms with E-state index in [0.29, 0.717) is 19.4 Å². The van der Waals surface area contributed by atoms with Crippen LogP contribution in [0.2, 0.25) is 0 Å². The molecule has 0 aromatic rings. The van der Waals surface area contributed by atoms with Gasteiger partial charge < -0.3 is 20.3 Å². The van der Waals surface area contributed by atoms with Crippen LogP contribution in [-0.2, 0) is 14.3 Å². The van der Waals surface area contributed by atoms with E-state index in [1.807, 2.05) is 6.08 Å². The Bertz CT molecular complexity index is 1040. The first kappa shape index (κ1) is 65.3. The predicted molar refractivity (Wildman–Crippen MR) is 292 cm³/mol. The number of amides is 1. The summed E-state index contributed by atoms with van der Waals surface area (Å²) in [6.07, 6.45) is 69.2. The molecule has 0 spiro atoms. The van der Waals surface area contributed by atoms with E-state index in [9.17, 15) is 19.8 Å². The molecule has 2 atom stereocenters. The summed E-state index contributed by atoms with van der Waals surface area (Å²) in [6, 6.07) is -0.639. The first-order valence-electron chi connectivity index (χ1n) is 30.1. The lowest BCUT2D eigenvalue weighted by Gasteiger charge is -2.20. The van der Waals surface area contributed by atoms with Gasteiger partial charge in [-0.2, -0.15) is 0 Å². The van der Waals surface area contributed by atoms with E-state index in [1.54, 1.807) is 6.08 Å². The van der Waals surface area contributed by atoms with E-state index in [-0.39, 0.29) is 18.5 Å². The maximum Gasteiger partial charge on any atom is 0.305 e. The number of carbonyl (C=O) groups is 2. The molecule has 67 heavy (non-hydrogen) atoms. The van der Waals surface area contributed by atoms with Crippen LogP contribution in [0.15, 0.2) is 24.3 Å². The van der Waals surface area contributed by atoms with Crippen molar-refractivity contribution in [3.05, 3.63) is 24.3 Å². The van der Waals surface area contributed by atoms with Gasteiger partial charge in [0, 0.05) is 12.8 Å². The molecule has 0 fully saturated rings. The van der Waals surface area contributed by atoms with Crippen molar-refractivity contribution in [1.82, 2.24) is 5.32 Å². The number of unbranched alkanes of at least 4 members (excludes halogenated alkanes) is 43. The third-order valence-corrected chi connectivity index (χ3v) is 14.0. The Kier molecular flexibility index (Phi) is 55.5. The first-order chi connectivity index (χ1) is 33.0. The van der Waals surface area contributed by atoms with Crippen LogP contribution < -0.4 is 5.32 Å². The summed E-state index contributed by atoms with van der Waals surface area (Å²) in [5, 5.41) is 23.1. The largest absolute Gasteiger partial charge is 0.466 e. The minimum Gasteiger partial charge on any atom is -0.466 e. The van der Waals surface area contributed by atoms with Gasteiger partial charge in [0.15, 0.2) is 0 Å². The van der Waals surface area contributed by atoms with Gasteiger partial charge in [0.1, 0.15) is 0 Å². The van der Waals surface area contributed by atoms with Crippen molar-refractivity contribution in [2.75, 3.05) is 13.2 Å². The Morgan fingerprint density at radius 2 is 0.701 bits per heavy atom. The van der Waals surface area contributed by atoms with Gasteiger partial charge in [-0.25, -0.2) is 0 Å². The van der Waals surface area contributed by atoms with Crippen LogP contribution in [0.4, 0.5) is 0 Å². The zero-order valence-corrected chi connectivity index (χ0v) is 45.1. The maximum absolute atomic E-state index is 12.5. The van der Waals surface area contributed by atoms with Crippen molar-refractivity contribution in [3.63, 3.8) is 0 Å². The summed E-state index contributed by atoms with van der Waals surface area (Å²) < 4.78 is 5.48. The molecule has 0 heterocycles. The molecule has 2 unspecified atom stereocenters. The van der Waals surface area contributed by atoms with Gasteiger partial charge in [-0.1, -0.05) is 282 Å². The second-order valence-electron chi connectivity index (χ2n) is 20.7. The van der Waals surface area contributed by atoms with Crippen LogP contribution in [0, 0.1) is 0 Å². The van der Waals surface area contributed by atoms with E-state index in [1.165, 1.54) is 231 Å². The molecule has 0 radical (unpaired) electrons. The van der Waals surface area contributed by atoms with Crippen LogP contribution in [0.1, 0.15) is 328 Å². The molecule has 0 aliphatic heterocycles. The second kappa shape index (κ2) is 56.9. The minimum absolute atomic E-state index is 0.00686. The Morgan fingerprint density at radius 3 is 1.06 bits per heavy atom. The Hall–Kier alpha value is -1.66. The molecule has 0 aromatic carbocycles. The Labute approximate surface area is 418 Å². The zero-order valence-electron chi connectivity index (χ0n) is 45.1. The number of allylic oxidation sites excluding steroid dienone is 3. The fraction of sp³-hybridized carbons (Fsp3) is 0.902. The minimum atomic E-state index is -0.854. The number of aliphatic hydroxyl groups excluding tert-OH is 2. The normalized spacial score (nSPS) is 12.7. The third kappa shape index (κ3) is 53.5. The highest BCUT2D eigenvalue weighted by Crippen LogP contribution is 2.17. The van der Waals surface area contributed by atoms with Gasteiger partial charge >= 0.3 is 5.97 Å². The van der Waals surface area contributed by atoms with Gasteiger partial charge in [0.25, 0.3) is 0 Å². The molecule has 0 saturated heterocycles. The highest BCUT2D eigenvalue weighted by Gasteiger charge is 2.18. The molecular formula is C61H117NO5. The van der Waals surface area contributed by atoms with Crippen LogP contribution in [-0.4, -0.2) is 47.4 Å². The summed E-state index contributed by atoms with van der Waals surface area (Å²) in [5.41, 5.74) is 0. The molecule has 6 nitrogen and oxygen atoms in total. The lowest BCUT2D eigenvalue weighted by atomic mass is 10.0. The van der Waals surface area contributed by atoms with E-state index in [0.717, 1.165) is 70.6 Å². The fourth-order valence-corrected chi connectivity index (χ4v) is 9.34. The van der Waals surface area contributed by atoms with E-state index >= 15 is 0 Å². The number of nitrogens with one attached hydrogen (secondary N) is 1. The number of ether oxygens (including phenoxy) is 1. The Balaban J connectivity index is 3.48. The maximum atomic E-state index is 12.5. The number of carbonyl (C=O) groups excluding carboxylic acids is 2. The topological polar surface area (TPSA) is 95.9 Å². The average molecular weight is 945 g/mol. The van der Waals surface area contributed by atoms with Crippen molar-refractivity contribution in [3.8, 4) is 0 Å². The molecule has 0 rings (SSSR count). The number of esters is 1. The van der Waals surface area contributed by atoms with Crippen molar-refractivity contribution >= 4 is 11.9 Å². The van der Waals surface area contributed by atoms with Crippen molar-refractivity contribution in [2.24, 2.45) is 0 Å². The lowest BCUT2D eigenvalue weighted by Crippen LogP contribution is -2.45. The summed E-state index contributed by atoms with van der Waals surface area (Å²) in [5.74, 6) is -0.0876. The third-order valence-electron chi connectivity index (χ3n) is 14.0. The molecule has 3 N–H and O–H groups in total. The summed E-state index contributed by atoms with van der Waals surface area (Å²) in [4.78, 5) is 24.5. The molecule has 0 saturated carbocycles. The van der Waals surface area contributed by atoms with E-state index in [4.69, 9.17) is 4.74 Å². The van der Waals surface area contributed by atoms with Gasteiger partial charge in [0.05, 0.1) is 25.4 Å². The van der Waals surface area contributed by atoms with Crippen LogP contribution in [0.3, 0.4) is 0 Å². The fourth-order valence-electron chi connectivity index (χ4n) is 9.34. The SMILES string of the molecule is CCCCCCCCCCCCCCCCCC/C=C/C(O)C(CO)NC(=O)CCCCCCCCC/C=C\CCCCCCOC(=O)CCCCCCCCCCCCCCCCCCC. The highest BCUT2D eigenvalue weighted by atomic mass is 16.5. The van der Waals surface area contributed by atoms with Crippen LogP contribution >= 0.6 is 0 Å². The number of aliphatic hydroxyl groups is 2. The average Bonchev–Trinajstić information content (AvgIpc) is 3.33. The van der Waals surface area contributed by atoms with Gasteiger partial charge in [-0.05, 0) is 57.8 Å². The molecule has 0 aliphatic carbocycles. The van der Waals surface area contributed by atoms with Crippen LogP contribution in [0.25, 0.3) is 0 Å². The van der Waals surface area contributed by atoms with Crippen molar-refractivity contribution < 1.29 is 24.5 Å². The second-order valence-corrected chi connectivity index (χ2v) is 20.7. The molecule has 0 bridgehead atoms. The van der Waals surface area contributed by atoms with Gasteiger partial charge in [0.2, 0.25) is 5.91 Å². The quantitative estimate of drug-likeness (QED) is 0.0321. The molecule has 0 aromatic heterocycles. The smallest absolute Gasteiger partial charge is 0.305 e. The molecule has 0 aliphatic rings. The number of hydrogen-bond acceptors (Lipinski definition) is 5. The summed E-state index contributed by atoms with van der Waals surface area (Å²) in [6.45, 7) is 4.89. The Morgan fingerprint density at radius 1 is 0.403 bits per heavy atom. The van der Waals surface area contributed by atoms with Gasteiger partial charge in [-0.3, -0.25) is 9.59 Å². The zero-order chi connectivity index (χ0) is 48.6. The number of rotatable bonds is 56. The predicted octanol–water partition coefficient (Wildman–Crippen LogP) is 18.6. The van der Waals surface area contributed by atoms with Crippen molar-refractivity contribution in [2.45, 2.75) is 341 Å². The summed E-state index contributed by atoms with van der Waals surface area (Å²) in [7, 11) is 0. The lowest BCUT2D eigenvalue weighted by molar-refractivity contribution is -0.143. The van der Waals surface area contributed by atoms with E-state index < -0.39 is 12.1 Å². The molecule has 1 amide bonds. The molecule has 396 valence electrons. The monoisotopic (exact) mass is 944 g/mol. The standard InChI is InChI=1S/C61H117NO5/c1-3-5-7-9-11-13-15-17-19-21-23-25-29-33-37-41-45-49-53-59(64)58(57-63)62-60(65)54-50-46-42-38-34-30-26-24-28-32-36-40-44-48-52-56-67-61(66)55-51-47-43-39-35-31-27-22-20-18-16-14-12-10-8-6-4-2/h28,32,49,53,58-59,63-64H,3-27,29-31,33-48,50-52,54-57H2,1-2H3,(H,62,65)/b32-28-,53-49+.